The molecule has 2 nitrogen and oxygen atoms in total. The predicted molar refractivity (Wildman–Crippen MR) is 34.5 cm³/mol. The molecule has 0 saturated carbocycles. The molecule has 0 fully saturated rings. The van der Waals surface area contributed by atoms with Gasteiger partial charge in [0.2, 0.25) is 0 Å². The molecule has 0 heterocycles. The fraction of sp³-hybridized carbons (Fsp3) is 0.667. The summed E-state index contributed by atoms with van der Waals surface area (Å²) in [5.74, 6) is 0. The number of rotatable bonds is 3. The van der Waals surface area contributed by atoms with Crippen LogP contribution in [0, 0.1) is 0 Å². The Morgan fingerprint density at radius 1 is 1.88 bits per heavy atom. The zero-order chi connectivity index (χ0) is 6.57. The van der Waals surface area contributed by atoms with Gasteiger partial charge in [-0.3, -0.25) is 0 Å². The Hall–Kier alpha value is -0.340. The molecule has 0 spiro atoms. The van der Waals surface area contributed by atoms with Crippen LogP contribution in [0.3, 0.4) is 0 Å². The highest BCUT2D eigenvalue weighted by atomic mass is 16.3. The first-order chi connectivity index (χ1) is 3.68. The van der Waals surface area contributed by atoms with E-state index in [0.29, 0.717) is 6.42 Å². The Morgan fingerprint density at radius 2 is 2.38 bits per heavy atom. The minimum Gasteiger partial charge on any atom is -0.391 e. The van der Waals surface area contributed by atoms with E-state index >= 15 is 0 Å². The Kier molecular flexibility index (Phi) is 3.48. The van der Waals surface area contributed by atoms with Crippen LogP contribution in [0.25, 0.3) is 0 Å². The quantitative estimate of drug-likeness (QED) is 0.519. The van der Waals surface area contributed by atoms with E-state index in [9.17, 15) is 0 Å². The maximum Gasteiger partial charge on any atom is 0.0722 e. The number of aliphatic hydroxyl groups is 1. The highest BCUT2D eigenvalue weighted by Gasteiger charge is 2.04. The lowest BCUT2D eigenvalue weighted by Gasteiger charge is -2.10. The molecular weight excluding hydrogens is 102 g/mol. The lowest BCUT2D eigenvalue weighted by atomic mass is 10.1. The summed E-state index contributed by atoms with van der Waals surface area (Å²) in [7, 11) is 0. The highest BCUT2D eigenvalue weighted by Crippen LogP contribution is 1.94. The largest absolute Gasteiger partial charge is 0.391 e. The van der Waals surface area contributed by atoms with Crippen LogP contribution in [-0.2, 0) is 0 Å². The Balaban J connectivity index is 3.30. The number of aliphatic hydroxyl groups excluding tert-OH is 1. The van der Waals surface area contributed by atoms with E-state index in [-0.39, 0.29) is 6.04 Å². The summed E-state index contributed by atoms with van der Waals surface area (Å²) in [6.45, 7) is 5.24. The van der Waals surface area contributed by atoms with Crippen molar-refractivity contribution in [1.82, 2.24) is 0 Å². The molecule has 2 heteroatoms. The summed E-state index contributed by atoms with van der Waals surface area (Å²) in [6.07, 6.45) is 1.82. The van der Waals surface area contributed by atoms with Crippen LogP contribution in [0.15, 0.2) is 12.7 Å². The molecule has 0 amide bonds. The molecule has 48 valence electrons. The van der Waals surface area contributed by atoms with Crippen molar-refractivity contribution < 1.29 is 5.11 Å². The van der Waals surface area contributed by atoms with Gasteiger partial charge in [0, 0.05) is 6.04 Å². The van der Waals surface area contributed by atoms with Crippen LogP contribution >= 0.6 is 0 Å². The number of hydrogen-bond acceptors (Lipinski definition) is 2. The molecule has 0 aromatic heterocycles. The monoisotopic (exact) mass is 115 g/mol. The van der Waals surface area contributed by atoms with E-state index in [0.717, 1.165) is 0 Å². The van der Waals surface area contributed by atoms with Gasteiger partial charge in [0.15, 0.2) is 0 Å². The van der Waals surface area contributed by atoms with E-state index in [1.54, 1.807) is 13.0 Å². The van der Waals surface area contributed by atoms with Crippen molar-refractivity contribution in [3.8, 4) is 0 Å². The van der Waals surface area contributed by atoms with Crippen molar-refractivity contribution >= 4 is 0 Å². The summed E-state index contributed by atoms with van der Waals surface area (Å²) >= 11 is 0. The van der Waals surface area contributed by atoms with Gasteiger partial charge in [-0.05, 0) is 13.3 Å². The van der Waals surface area contributed by atoms with Crippen molar-refractivity contribution in [2.45, 2.75) is 25.5 Å². The first-order valence-electron chi connectivity index (χ1n) is 2.73. The SMILES string of the molecule is C=CC[C@H](O)[C@@H](C)N. The lowest BCUT2D eigenvalue weighted by molar-refractivity contribution is 0.154. The van der Waals surface area contributed by atoms with E-state index in [1.807, 2.05) is 0 Å². The third kappa shape index (κ3) is 2.77. The Bertz CT molecular complexity index is 70.9. The van der Waals surface area contributed by atoms with Gasteiger partial charge in [0.25, 0.3) is 0 Å². The molecule has 0 aliphatic heterocycles. The molecule has 0 aliphatic carbocycles. The standard InChI is InChI=1S/C6H13NO/c1-3-4-6(8)5(2)7/h3,5-6,8H,1,4,7H2,2H3/t5-,6+/m1/s1. The zero-order valence-corrected chi connectivity index (χ0v) is 5.17. The van der Waals surface area contributed by atoms with Crippen molar-refractivity contribution in [3.05, 3.63) is 12.7 Å². The van der Waals surface area contributed by atoms with Gasteiger partial charge in [-0.25, -0.2) is 0 Å². The highest BCUT2D eigenvalue weighted by molar-refractivity contribution is 4.76. The van der Waals surface area contributed by atoms with Crippen LogP contribution in [0.1, 0.15) is 13.3 Å². The third-order valence-electron chi connectivity index (χ3n) is 1.02. The van der Waals surface area contributed by atoms with Gasteiger partial charge in [0.05, 0.1) is 6.10 Å². The normalized spacial score (nSPS) is 17.4. The summed E-state index contributed by atoms with van der Waals surface area (Å²) < 4.78 is 0. The van der Waals surface area contributed by atoms with Crippen LogP contribution in [0.2, 0.25) is 0 Å². The molecular formula is C6H13NO. The van der Waals surface area contributed by atoms with E-state index < -0.39 is 6.10 Å². The Morgan fingerprint density at radius 3 is 2.50 bits per heavy atom. The van der Waals surface area contributed by atoms with Crippen LogP contribution in [0.5, 0.6) is 0 Å². The van der Waals surface area contributed by atoms with Gasteiger partial charge in [0.1, 0.15) is 0 Å². The van der Waals surface area contributed by atoms with Crippen LogP contribution in [-0.4, -0.2) is 17.3 Å². The first kappa shape index (κ1) is 7.66. The zero-order valence-electron chi connectivity index (χ0n) is 5.17. The summed E-state index contributed by atoms with van der Waals surface area (Å²) in [4.78, 5) is 0. The number of nitrogens with two attached hydrogens (primary N) is 1. The molecule has 0 rings (SSSR count). The first-order valence-corrected chi connectivity index (χ1v) is 2.73. The second-order valence-electron chi connectivity index (χ2n) is 1.95. The molecule has 0 saturated heterocycles. The summed E-state index contributed by atoms with van der Waals surface area (Å²) in [5.41, 5.74) is 5.32. The molecule has 0 bridgehead atoms. The summed E-state index contributed by atoms with van der Waals surface area (Å²) in [5, 5.41) is 8.93. The van der Waals surface area contributed by atoms with Crippen LogP contribution in [0.4, 0.5) is 0 Å². The fourth-order valence-electron chi connectivity index (χ4n) is 0.385. The van der Waals surface area contributed by atoms with Gasteiger partial charge < -0.3 is 10.8 Å². The van der Waals surface area contributed by atoms with E-state index in [4.69, 9.17) is 10.8 Å². The average Bonchev–Trinajstić information content (AvgIpc) is 1.67. The predicted octanol–water partition coefficient (Wildman–Crippen LogP) is 0.271. The van der Waals surface area contributed by atoms with Crippen molar-refractivity contribution in [2.24, 2.45) is 5.73 Å². The average molecular weight is 115 g/mol. The maximum absolute atomic E-state index is 8.93. The summed E-state index contributed by atoms with van der Waals surface area (Å²) in [6, 6.07) is -0.145. The van der Waals surface area contributed by atoms with Crippen molar-refractivity contribution in [2.75, 3.05) is 0 Å². The number of hydrogen-bond donors (Lipinski definition) is 2. The van der Waals surface area contributed by atoms with E-state index in [1.165, 1.54) is 0 Å². The topological polar surface area (TPSA) is 46.2 Å². The fourth-order valence-corrected chi connectivity index (χ4v) is 0.385. The molecule has 0 unspecified atom stereocenters. The second-order valence-corrected chi connectivity index (χ2v) is 1.95. The molecule has 0 aromatic carbocycles. The minimum atomic E-state index is -0.424. The lowest BCUT2D eigenvalue weighted by Crippen LogP contribution is -2.30. The maximum atomic E-state index is 8.93. The molecule has 2 atom stereocenters. The van der Waals surface area contributed by atoms with Gasteiger partial charge in [-0.15, -0.1) is 6.58 Å². The molecule has 0 aliphatic rings. The van der Waals surface area contributed by atoms with Gasteiger partial charge in [-0.2, -0.15) is 0 Å². The Labute approximate surface area is 50.0 Å². The van der Waals surface area contributed by atoms with Crippen LogP contribution < -0.4 is 5.73 Å². The van der Waals surface area contributed by atoms with Gasteiger partial charge in [-0.1, -0.05) is 6.08 Å². The molecule has 0 aromatic rings. The molecule has 3 N–H and O–H groups in total. The minimum absolute atomic E-state index is 0.145. The smallest absolute Gasteiger partial charge is 0.0722 e. The molecule has 8 heavy (non-hydrogen) atoms. The molecule has 0 radical (unpaired) electrons. The second kappa shape index (κ2) is 3.64. The van der Waals surface area contributed by atoms with Crippen molar-refractivity contribution in [1.29, 1.82) is 0 Å². The van der Waals surface area contributed by atoms with E-state index in [2.05, 4.69) is 6.58 Å². The van der Waals surface area contributed by atoms with Gasteiger partial charge >= 0.3 is 0 Å². The van der Waals surface area contributed by atoms with Crippen molar-refractivity contribution in [3.63, 3.8) is 0 Å². The third-order valence-corrected chi connectivity index (χ3v) is 1.02.